The Labute approximate surface area is 124 Å². The number of halogens is 2. The molecule has 0 fully saturated rings. The third-order valence-electron chi connectivity index (χ3n) is 2.73. The van der Waals surface area contributed by atoms with Crippen LogP contribution in [-0.4, -0.2) is 5.91 Å². The minimum Gasteiger partial charge on any atom is -0.397 e. The Balaban J connectivity index is 2.34. The van der Waals surface area contributed by atoms with Gasteiger partial charge in [-0.3, -0.25) is 4.79 Å². The Morgan fingerprint density at radius 3 is 2.74 bits per heavy atom. The van der Waals surface area contributed by atoms with Gasteiger partial charge in [-0.2, -0.15) is 0 Å². The van der Waals surface area contributed by atoms with E-state index in [0.717, 1.165) is 10.0 Å². The van der Waals surface area contributed by atoms with E-state index in [1.807, 2.05) is 19.1 Å². The first-order valence-electron chi connectivity index (χ1n) is 5.60. The van der Waals surface area contributed by atoms with Crippen LogP contribution in [0.3, 0.4) is 0 Å². The SMILES string of the molecule is Cc1ccc(Br)cc1C(=O)Nc1c(N)cccc1Cl. The van der Waals surface area contributed by atoms with Gasteiger partial charge in [0.15, 0.2) is 0 Å². The van der Waals surface area contributed by atoms with Crippen LogP contribution in [0.5, 0.6) is 0 Å². The summed E-state index contributed by atoms with van der Waals surface area (Å²) in [4.78, 5) is 12.2. The van der Waals surface area contributed by atoms with E-state index in [2.05, 4.69) is 21.2 Å². The van der Waals surface area contributed by atoms with E-state index in [-0.39, 0.29) is 5.91 Å². The van der Waals surface area contributed by atoms with Gasteiger partial charge in [-0.1, -0.05) is 39.7 Å². The van der Waals surface area contributed by atoms with Crippen molar-refractivity contribution in [2.24, 2.45) is 0 Å². The van der Waals surface area contributed by atoms with Gasteiger partial charge in [0.05, 0.1) is 16.4 Å². The Morgan fingerprint density at radius 1 is 1.32 bits per heavy atom. The maximum Gasteiger partial charge on any atom is 0.256 e. The smallest absolute Gasteiger partial charge is 0.256 e. The molecule has 0 unspecified atom stereocenters. The molecule has 3 N–H and O–H groups in total. The third kappa shape index (κ3) is 3.08. The quantitative estimate of drug-likeness (QED) is 0.804. The summed E-state index contributed by atoms with van der Waals surface area (Å²) < 4.78 is 0.843. The molecule has 5 heteroatoms. The number of anilines is 2. The summed E-state index contributed by atoms with van der Waals surface area (Å²) >= 11 is 9.38. The van der Waals surface area contributed by atoms with Crippen LogP contribution in [0.2, 0.25) is 5.02 Å². The molecule has 2 rings (SSSR count). The molecule has 0 atom stereocenters. The van der Waals surface area contributed by atoms with E-state index in [9.17, 15) is 4.79 Å². The number of rotatable bonds is 2. The van der Waals surface area contributed by atoms with E-state index in [0.29, 0.717) is 22.0 Å². The molecule has 0 saturated carbocycles. The molecule has 0 bridgehead atoms. The zero-order chi connectivity index (χ0) is 14.0. The number of hydrogen-bond acceptors (Lipinski definition) is 2. The topological polar surface area (TPSA) is 55.1 Å². The molecule has 0 aliphatic heterocycles. The van der Waals surface area contributed by atoms with Gasteiger partial charge in [0.1, 0.15) is 0 Å². The lowest BCUT2D eigenvalue weighted by Gasteiger charge is -2.11. The molecule has 1 amide bonds. The van der Waals surface area contributed by atoms with Gasteiger partial charge >= 0.3 is 0 Å². The number of nitrogens with two attached hydrogens (primary N) is 1. The Bertz CT molecular complexity index is 623. The summed E-state index contributed by atoms with van der Waals surface area (Å²) in [7, 11) is 0. The van der Waals surface area contributed by atoms with Crippen LogP contribution in [0.4, 0.5) is 11.4 Å². The molecule has 0 aliphatic rings. The predicted molar refractivity (Wildman–Crippen MR) is 82.7 cm³/mol. The lowest BCUT2D eigenvalue weighted by Crippen LogP contribution is -2.15. The van der Waals surface area contributed by atoms with Crippen LogP contribution in [-0.2, 0) is 0 Å². The highest BCUT2D eigenvalue weighted by molar-refractivity contribution is 9.10. The molecular weight excluding hydrogens is 328 g/mol. The average Bonchev–Trinajstić information content (AvgIpc) is 2.37. The van der Waals surface area contributed by atoms with Gasteiger partial charge in [0, 0.05) is 10.0 Å². The van der Waals surface area contributed by atoms with Crippen LogP contribution in [0.1, 0.15) is 15.9 Å². The summed E-state index contributed by atoms with van der Waals surface area (Å²) in [5, 5.41) is 3.16. The number of nitrogen functional groups attached to an aromatic ring is 1. The predicted octanol–water partition coefficient (Wildman–Crippen LogP) is 4.25. The van der Waals surface area contributed by atoms with E-state index in [1.54, 1.807) is 24.3 Å². The van der Waals surface area contributed by atoms with Crippen LogP contribution in [0.15, 0.2) is 40.9 Å². The molecule has 2 aromatic rings. The fraction of sp³-hybridized carbons (Fsp3) is 0.0714. The van der Waals surface area contributed by atoms with E-state index >= 15 is 0 Å². The molecule has 0 saturated heterocycles. The highest BCUT2D eigenvalue weighted by Crippen LogP contribution is 2.28. The molecule has 0 aliphatic carbocycles. The van der Waals surface area contributed by atoms with Crippen LogP contribution in [0, 0.1) is 6.92 Å². The lowest BCUT2D eigenvalue weighted by molar-refractivity contribution is 0.102. The van der Waals surface area contributed by atoms with E-state index in [4.69, 9.17) is 17.3 Å². The average molecular weight is 340 g/mol. The lowest BCUT2D eigenvalue weighted by atomic mass is 10.1. The highest BCUT2D eigenvalue weighted by Gasteiger charge is 2.13. The molecule has 0 radical (unpaired) electrons. The molecular formula is C14H12BrClN2O. The van der Waals surface area contributed by atoms with Gasteiger partial charge in [-0.25, -0.2) is 0 Å². The van der Waals surface area contributed by atoms with Crippen molar-refractivity contribution in [3.8, 4) is 0 Å². The number of benzene rings is 2. The van der Waals surface area contributed by atoms with Gasteiger partial charge < -0.3 is 11.1 Å². The van der Waals surface area contributed by atoms with Crippen molar-refractivity contribution in [3.63, 3.8) is 0 Å². The Kier molecular flexibility index (Phi) is 4.12. The minimum atomic E-state index is -0.237. The monoisotopic (exact) mass is 338 g/mol. The van der Waals surface area contributed by atoms with Crippen molar-refractivity contribution >= 4 is 44.8 Å². The molecule has 2 aromatic carbocycles. The van der Waals surface area contributed by atoms with Crippen LogP contribution < -0.4 is 11.1 Å². The number of para-hydroxylation sites is 1. The summed E-state index contributed by atoms with van der Waals surface area (Å²) in [6.45, 7) is 1.87. The maximum atomic E-state index is 12.2. The molecule has 98 valence electrons. The Hall–Kier alpha value is -1.52. The Morgan fingerprint density at radius 2 is 2.05 bits per heavy atom. The summed E-state index contributed by atoms with van der Waals surface area (Å²) in [5.41, 5.74) is 8.14. The highest BCUT2D eigenvalue weighted by atomic mass is 79.9. The number of amides is 1. The summed E-state index contributed by atoms with van der Waals surface area (Å²) in [5.74, 6) is -0.237. The van der Waals surface area contributed by atoms with Crippen molar-refractivity contribution in [1.29, 1.82) is 0 Å². The number of nitrogens with one attached hydrogen (secondary N) is 1. The first kappa shape index (κ1) is 13.9. The van der Waals surface area contributed by atoms with Gasteiger partial charge in [0.25, 0.3) is 5.91 Å². The molecule has 0 spiro atoms. The molecule has 0 aromatic heterocycles. The number of aryl methyl sites for hydroxylation is 1. The van der Waals surface area contributed by atoms with Crippen molar-refractivity contribution < 1.29 is 4.79 Å². The standard InChI is InChI=1S/C14H12BrClN2O/c1-8-5-6-9(15)7-10(8)14(19)18-13-11(16)3-2-4-12(13)17/h2-7H,17H2,1H3,(H,18,19). The fourth-order valence-corrected chi connectivity index (χ4v) is 2.28. The van der Waals surface area contributed by atoms with Crippen molar-refractivity contribution in [2.45, 2.75) is 6.92 Å². The first-order chi connectivity index (χ1) is 8.99. The van der Waals surface area contributed by atoms with Crippen LogP contribution in [0.25, 0.3) is 0 Å². The number of carbonyl (C=O) groups is 1. The van der Waals surface area contributed by atoms with Gasteiger partial charge in [-0.05, 0) is 36.8 Å². The molecule has 3 nitrogen and oxygen atoms in total. The third-order valence-corrected chi connectivity index (χ3v) is 3.54. The summed E-state index contributed by atoms with van der Waals surface area (Å²) in [6, 6.07) is 10.6. The normalized spacial score (nSPS) is 10.3. The zero-order valence-electron chi connectivity index (χ0n) is 10.2. The van der Waals surface area contributed by atoms with Crippen molar-refractivity contribution in [2.75, 3.05) is 11.1 Å². The first-order valence-corrected chi connectivity index (χ1v) is 6.77. The number of hydrogen-bond donors (Lipinski definition) is 2. The zero-order valence-corrected chi connectivity index (χ0v) is 12.5. The van der Waals surface area contributed by atoms with Crippen molar-refractivity contribution in [3.05, 3.63) is 57.0 Å². The molecule has 19 heavy (non-hydrogen) atoms. The van der Waals surface area contributed by atoms with Gasteiger partial charge in [0.2, 0.25) is 0 Å². The summed E-state index contributed by atoms with van der Waals surface area (Å²) in [6.07, 6.45) is 0. The maximum absolute atomic E-state index is 12.2. The van der Waals surface area contributed by atoms with Crippen molar-refractivity contribution in [1.82, 2.24) is 0 Å². The van der Waals surface area contributed by atoms with E-state index < -0.39 is 0 Å². The number of carbonyl (C=O) groups excluding carboxylic acids is 1. The second-order valence-electron chi connectivity index (χ2n) is 4.12. The molecule has 0 heterocycles. The fourth-order valence-electron chi connectivity index (χ4n) is 1.69. The van der Waals surface area contributed by atoms with Gasteiger partial charge in [-0.15, -0.1) is 0 Å². The van der Waals surface area contributed by atoms with Crippen LogP contribution >= 0.6 is 27.5 Å². The second-order valence-corrected chi connectivity index (χ2v) is 5.44. The second kappa shape index (κ2) is 5.63. The minimum absolute atomic E-state index is 0.237. The van der Waals surface area contributed by atoms with E-state index in [1.165, 1.54) is 0 Å². The largest absolute Gasteiger partial charge is 0.397 e.